The highest BCUT2D eigenvalue weighted by atomic mass is 32.1. The van der Waals surface area contributed by atoms with E-state index < -0.39 is 0 Å². The molecule has 13 rings (SSSR count). The first-order chi connectivity index (χ1) is 34.2. The van der Waals surface area contributed by atoms with Gasteiger partial charge in [0, 0.05) is 64.4 Å². The number of anilines is 6. The molecule has 0 aliphatic rings. The van der Waals surface area contributed by atoms with Gasteiger partial charge in [-0.15, -0.1) is 11.3 Å². The molecule has 0 bridgehead atoms. The van der Waals surface area contributed by atoms with E-state index in [1.165, 1.54) is 25.6 Å². The standard InChI is InChI=1S/C64H42N2O2S/c67-59-35-15-11-27-49(59)44-23-17-24-45(39-44)66(56-33-14-10-26-48(56)43-21-5-2-6-22-43)58-41-62-63(52-30-8-7-28-50(52)58)54-40-46(37-38-61(54)69-62)65(55-32-13-9-25-47(55)42-19-3-1-4-20-42)57-34-18-31-53-51-29-12-16-36-60(51)68-64(53)57/h1-41,67H. The van der Waals surface area contributed by atoms with Crippen LogP contribution in [0.4, 0.5) is 34.1 Å². The van der Waals surface area contributed by atoms with Crippen molar-refractivity contribution in [2.45, 2.75) is 0 Å². The van der Waals surface area contributed by atoms with Crippen LogP contribution in [0.25, 0.3) is 86.3 Å². The van der Waals surface area contributed by atoms with E-state index in [9.17, 15) is 5.11 Å². The molecule has 0 amide bonds. The Kier molecular flexibility index (Phi) is 9.81. The second-order valence-corrected chi connectivity index (χ2v) is 18.4. The molecule has 2 heterocycles. The van der Waals surface area contributed by atoms with E-state index in [0.717, 1.165) is 94.8 Å². The Hall–Kier alpha value is -8.90. The van der Waals surface area contributed by atoms with Crippen molar-refractivity contribution in [1.82, 2.24) is 0 Å². The summed E-state index contributed by atoms with van der Waals surface area (Å²) in [7, 11) is 0. The van der Waals surface area contributed by atoms with Crippen molar-refractivity contribution in [3.8, 4) is 39.1 Å². The Morgan fingerprint density at radius 2 is 0.870 bits per heavy atom. The number of hydrogen-bond donors (Lipinski definition) is 1. The Labute approximate surface area is 403 Å². The predicted molar refractivity (Wildman–Crippen MR) is 291 cm³/mol. The summed E-state index contributed by atoms with van der Waals surface area (Å²) in [6.07, 6.45) is 0. The van der Waals surface area contributed by atoms with Gasteiger partial charge in [-0.25, -0.2) is 0 Å². The summed E-state index contributed by atoms with van der Waals surface area (Å²) in [5, 5.41) is 17.9. The fraction of sp³-hybridized carbons (Fsp3) is 0. The molecule has 0 spiro atoms. The number of nitrogens with zero attached hydrogens (tertiary/aromatic N) is 2. The number of thiophene rings is 1. The maximum Gasteiger partial charge on any atom is 0.159 e. The Balaban J connectivity index is 1.06. The normalized spacial score (nSPS) is 11.5. The zero-order chi connectivity index (χ0) is 45.8. The zero-order valence-electron chi connectivity index (χ0n) is 37.3. The molecular weight excluding hydrogens is 861 g/mol. The number of aromatic hydroxyl groups is 1. The van der Waals surface area contributed by atoms with Gasteiger partial charge in [0.15, 0.2) is 5.58 Å². The molecule has 2 aromatic heterocycles. The first-order valence-electron chi connectivity index (χ1n) is 23.2. The van der Waals surface area contributed by atoms with E-state index in [0.29, 0.717) is 0 Å². The molecule has 0 saturated heterocycles. The van der Waals surface area contributed by atoms with Crippen LogP contribution in [0.1, 0.15) is 0 Å². The lowest BCUT2D eigenvalue weighted by Crippen LogP contribution is -2.12. The molecule has 0 saturated carbocycles. The smallest absolute Gasteiger partial charge is 0.159 e. The fourth-order valence-corrected chi connectivity index (χ4v) is 11.4. The first-order valence-corrected chi connectivity index (χ1v) is 24.0. The van der Waals surface area contributed by atoms with Gasteiger partial charge in [-0.05, 0) is 88.8 Å². The molecule has 0 radical (unpaired) electrons. The summed E-state index contributed by atoms with van der Waals surface area (Å²) in [5.74, 6) is 0.249. The molecule has 1 N–H and O–H groups in total. The topological polar surface area (TPSA) is 39.9 Å². The van der Waals surface area contributed by atoms with Crippen molar-refractivity contribution >= 4 is 98.3 Å². The monoisotopic (exact) mass is 902 g/mol. The van der Waals surface area contributed by atoms with Gasteiger partial charge in [-0.3, -0.25) is 0 Å². The quantitative estimate of drug-likeness (QED) is 0.157. The number of furan rings is 1. The molecule has 69 heavy (non-hydrogen) atoms. The van der Waals surface area contributed by atoms with Crippen molar-refractivity contribution < 1.29 is 9.52 Å². The van der Waals surface area contributed by atoms with Crippen LogP contribution >= 0.6 is 11.3 Å². The van der Waals surface area contributed by atoms with Crippen LogP contribution in [0.15, 0.2) is 253 Å². The van der Waals surface area contributed by atoms with Gasteiger partial charge < -0.3 is 19.3 Å². The highest BCUT2D eigenvalue weighted by Crippen LogP contribution is 2.51. The average molecular weight is 903 g/mol. The minimum absolute atomic E-state index is 0.249. The highest BCUT2D eigenvalue weighted by molar-refractivity contribution is 7.26. The molecule has 0 aliphatic carbocycles. The molecule has 0 atom stereocenters. The predicted octanol–water partition coefficient (Wildman–Crippen LogP) is 18.8. The van der Waals surface area contributed by atoms with Gasteiger partial charge >= 0.3 is 0 Å². The van der Waals surface area contributed by atoms with Crippen LogP contribution < -0.4 is 9.80 Å². The third-order valence-electron chi connectivity index (χ3n) is 13.3. The lowest BCUT2D eigenvalue weighted by molar-refractivity contribution is 0.477. The lowest BCUT2D eigenvalue weighted by Gasteiger charge is -2.30. The fourth-order valence-electron chi connectivity index (χ4n) is 10.2. The number of phenolic OH excluding ortho intramolecular Hbond substituents is 1. The molecule has 13 aromatic rings. The maximum atomic E-state index is 11.1. The zero-order valence-corrected chi connectivity index (χ0v) is 38.1. The van der Waals surface area contributed by atoms with Gasteiger partial charge in [0.1, 0.15) is 11.3 Å². The number of rotatable bonds is 9. The van der Waals surface area contributed by atoms with Gasteiger partial charge in [-0.1, -0.05) is 182 Å². The van der Waals surface area contributed by atoms with E-state index in [2.05, 4.69) is 228 Å². The SMILES string of the molecule is Oc1ccccc1-c1cccc(N(c2ccccc2-c2ccccc2)c2cc3sc4ccc(N(c5ccccc5-c5ccccc5)c5cccc6c5oc5ccccc56)cc4c3c3ccccc23)c1. The number of fused-ring (bicyclic) bond motifs is 8. The van der Waals surface area contributed by atoms with E-state index in [4.69, 9.17) is 4.42 Å². The summed E-state index contributed by atoms with van der Waals surface area (Å²) in [4.78, 5) is 4.78. The second-order valence-electron chi connectivity index (χ2n) is 17.4. The summed E-state index contributed by atoms with van der Waals surface area (Å²) >= 11 is 1.82. The van der Waals surface area contributed by atoms with Gasteiger partial charge in [0.25, 0.3) is 0 Å². The molecule has 4 nitrogen and oxygen atoms in total. The Morgan fingerprint density at radius 1 is 0.333 bits per heavy atom. The van der Waals surface area contributed by atoms with Crippen molar-refractivity contribution in [3.63, 3.8) is 0 Å². The summed E-state index contributed by atoms with van der Waals surface area (Å²) in [6, 6.07) is 87.6. The van der Waals surface area contributed by atoms with Crippen LogP contribution in [0.5, 0.6) is 5.75 Å². The van der Waals surface area contributed by atoms with Crippen LogP contribution in [-0.4, -0.2) is 5.11 Å². The van der Waals surface area contributed by atoms with E-state index in [1.807, 2.05) is 35.6 Å². The van der Waals surface area contributed by atoms with E-state index in [1.54, 1.807) is 6.07 Å². The van der Waals surface area contributed by atoms with Crippen molar-refractivity contribution in [2.75, 3.05) is 9.80 Å². The molecule has 0 fully saturated rings. The number of phenols is 1. The minimum atomic E-state index is 0.249. The van der Waals surface area contributed by atoms with E-state index in [-0.39, 0.29) is 5.75 Å². The minimum Gasteiger partial charge on any atom is -0.507 e. The lowest BCUT2D eigenvalue weighted by atomic mass is 9.97. The van der Waals surface area contributed by atoms with E-state index >= 15 is 0 Å². The van der Waals surface area contributed by atoms with Crippen LogP contribution in [0.3, 0.4) is 0 Å². The van der Waals surface area contributed by atoms with Gasteiger partial charge in [0.2, 0.25) is 0 Å². The van der Waals surface area contributed by atoms with Crippen molar-refractivity contribution in [1.29, 1.82) is 0 Å². The van der Waals surface area contributed by atoms with Gasteiger partial charge in [0.05, 0.1) is 22.7 Å². The molecule has 0 unspecified atom stereocenters. The summed E-state index contributed by atoms with van der Waals surface area (Å²) < 4.78 is 9.17. The van der Waals surface area contributed by atoms with Crippen LogP contribution in [0, 0.1) is 0 Å². The average Bonchev–Trinajstić information content (AvgIpc) is 3.99. The molecule has 0 aliphatic heterocycles. The number of para-hydroxylation sites is 5. The Morgan fingerprint density at radius 3 is 1.59 bits per heavy atom. The largest absolute Gasteiger partial charge is 0.507 e. The van der Waals surface area contributed by atoms with Crippen molar-refractivity contribution in [3.05, 3.63) is 249 Å². The van der Waals surface area contributed by atoms with Crippen LogP contribution in [0.2, 0.25) is 0 Å². The number of hydrogen-bond acceptors (Lipinski definition) is 5. The van der Waals surface area contributed by atoms with Gasteiger partial charge in [-0.2, -0.15) is 0 Å². The molecule has 326 valence electrons. The second kappa shape index (κ2) is 16.8. The maximum absolute atomic E-state index is 11.1. The molecule has 5 heteroatoms. The number of benzene rings is 11. The van der Waals surface area contributed by atoms with Crippen molar-refractivity contribution in [2.24, 2.45) is 0 Å². The third-order valence-corrected chi connectivity index (χ3v) is 14.5. The van der Waals surface area contributed by atoms with Crippen LogP contribution in [-0.2, 0) is 0 Å². The first kappa shape index (κ1) is 40.4. The Bertz CT molecular complexity index is 4060. The molecular formula is C64H42N2O2S. The molecule has 11 aromatic carbocycles. The summed E-state index contributed by atoms with van der Waals surface area (Å²) in [5.41, 5.74) is 14.1. The third kappa shape index (κ3) is 6.90. The highest BCUT2D eigenvalue weighted by Gasteiger charge is 2.25. The summed E-state index contributed by atoms with van der Waals surface area (Å²) in [6.45, 7) is 0.